The van der Waals surface area contributed by atoms with Gasteiger partial charge < -0.3 is 5.32 Å². The van der Waals surface area contributed by atoms with Crippen molar-refractivity contribution in [3.05, 3.63) is 49.6 Å². The Kier molecular flexibility index (Phi) is 4.06. The van der Waals surface area contributed by atoms with Gasteiger partial charge in [0.1, 0.15) is 10.9 Å². The SMILES string of the molecule is N#Cc1ccc(CNc2ccc(Cl)cc2Br)s1. The Morgan fingerprint density at radius 2 is 2.18 bits per heavy atom. The number of anilines is 1. The quantitative estimate of drug-likeness (QED) is 0.891. The molecule has 0 atom stereocenters. The highest BCUT2D eigenvalue weighted by molar-refractivity contribution is 9.10. The third kappa shape index (κ3) is 3.22. The van der Waals surface area contributed by atoms with E-state index in [9.17, 15) is 0 Å². The number of halogens is 2. The van der Waals surface area contributed by atoms with Crippen LogP contribution in [0, 0.1) is 11.3 Å². The normalized spacial score (nSPS) is 9.94. The van der Waals surface area contributed by atoms with Crippen LogP contribution >= 0.6 is 38.9 Å². The van der Waals surface area contributed by atoms with Crippen LogP contribution in [0.4, 0.5) is 5.69 Å². The largest absolute Gasteiger partial charge is 0.379 e. The van der Waals surface area contributed by atoms with Crippen molar-refractivity contribution in [2.75, 3.05) is 5.32 Å². The smallest absolute Gasteiger partial charge is 0.110 e. The van der Waals surface area contributed by atoms with Crippen LogP contribution in [-0.4, -0.2) is 0 Å². The molecule has 2 rings (SSSR count). The van der Waals surface area contributed by atoms with Crippen molar-refractivity contribution in [2.45, 2.75) is 6.54 Å². The second-order valence-corrected chi connectivity index (χ2v) is 5.81. The fourth-order valence-electron chi connectivity index (χ4n) is 1.35. The predicted octanol–water partition coefficient (Wildman–Crippen LogP) is 4.65. The molecule has 0 fully saturated rings. The summed E-state index contributed by atoms with van der Waals surface area (Å²) >= 11 is 10.8. The molecule has 0 spiro atoms. The lowest BCUT2D eigenvalue weighted by Gasteiger charge is -2.07. The third-order valence-corrected chi connectivity index (χ3v) is 4.04. The molecule has 86 valence electrons. The van der Waals surface area contributed by atoms with Gasteiger partial charge >= 0.3 is 0 Å². The fraction of sp³-hybridized carbons (Fsp3) is 0.0833. The minimum absolute atomic E-state index is 0.699. The van der Waals surface area contributed by atoms with Gasteiger partial charge in [0.05, 0.1) is 0 Å². The average molecular weight is 328 g/mol. The molecule has 0 aliphatic carbocycles. The second kappa shape index (κ2) is 5.54. The van der Waals surface area contributed by atoms with Crippen molar-refractivity contribution in [3.63, 3.8) is 0 Å². The third-order valence-electron chi connectivity index (χ3n) is 2.16. The first kappa shape index (κ1) is 12.4. The van der Waals surface area contributed by atoms with Crippen LogP contribution in [0.5, 0.6) is 0 Å². The maximum atomic E-state index is 8.73. The van der Waals surface area contributed by atoms with E-state index < -0.39 is 0 Å². The van der Waals surface area contributed by atoms with Crippen LogP contribution in [0.2, 0.25) is 5.02 Å². The van der Waals surface area contributed by atoms with Gasteiger partial charge in [0.2, 0.25) is 0 Å². The highest BCUT2D eigenvalue weighted by Crippen LogP contribution is 2.27. The van der Waals surface area contributed by atoms with Gasteiger partial charge in [-0.15, -0.1) is 11.3 Å². The van der Waals surface area contributed by atoms with Crippen molar-refractivity contribution in [2.24, 2.45) is 0 Å². The Labute approximate surface area is 117 Å². The molecule has 0 amide bonds. The zero-order chi connectivity index (χ0) is 12.3. The monoisotopic (exact) mass is 326 g/mol. The van der Waals surface area contributed by atoms with Gasteiger partial charge in [0.15, 0.2) is 0 Å². The van der Waals surface area contributed by atoms with Crippen LogP contribution in [0.15, 0.2) is 34.8 Å². The summed E-state index contributed by atoms with van der Waals surface area (Å²) < 4.78 is 0.932. The predicted molar refractivity (Wildman–Crippen MR) is 75.5 cm³/mol. The van der Waals surface area contributed by atoms with Crippen molar-refractivity contribution in [1.82, 2.24) is 0 Å². The summed E-state index contributed by atoms with van der Waals surface area (Å²) in [5, 5.41) is 12.7. The number of nitrogens with zero attached hydrogens (tertiary/aromatic N) is 1. The number of thiophene rings is 1. The molecule has 1 N–H and O–H groups in total. The van der Waals surface area contributed by atoms with Gasteiger partial charge in [-0.2, -0.15) is 5.26 Å². The lowest BCUT2D eigenvalue weighted by molar-refractivity contribution is 1.19. The summed E-state index contributed by atoms with van der Waals surface area (Å²) in [5.41, 5.74) is 0.987. The summed E-state index contributed by atoms with van der Waals surface area (Å²) in [7, 11) is 0. The van der Waals surface area contributed by atoms with Gasteiger partial charge in [-0.3, -0.25) is 0 Å². The maximum absolute atomic E-state index is 8.73. The number of hydrogen-bond donors (Lipinski definition) is 1. The molecule has 1 aromatic heterocycles. The Balaban J connectivity index is 2.05. The number of hydrogen-bond acceptors (Lipinski definition) is 3. The topological polar surface area (TPSA) is 35.8 Å². The molecule has 0 aliphatic rings. The van der Waals surface area contributed by atoms with Gasteiger partial charge in [-0.25, -0.2) is 0 Å². The Morgan fingerprint density at radius 3 is 2.82 bits per heavy atom. The van der Waals surface area contributed by atoms with Gasteiger partial charge in [0.25, 0.3) is 0 Å². The summed E-state index contributed by atoms with van der Waals surface area (Å²) in [6.45, 7) is 0.701. The minimum atomic E-state index is 0.699. The molecule has 1 aromatic carbocycles. The molecule has 17 heavy (non-hydrogen) atoms. The summed E-state index contributed by atoms with van der Waals surface area (Å²) in [6, 6.07) is 11.5. The van der Waals surface area contributed by atoms with Gasteiger partial charge in [-0.05, 0) is 46.3 Å². The van der Waals surface area contributed by atoms with Gasteiger partial charge in [0, 0.05) is 26.6 Å². The van der Waals surface area contributed by atoms with E-state index in [2.05, 4.69) is 27.3 Å². The molecular formula is C12H8BrClN2S. The molecule has 0 saturated carbocycles. The summed E-state index contributed by atoms with van der Waals surface area (Å²) in [6.07, 6.45) is 0. The number of benzene rings is 1. The molecule has 2 aromatic rings. The van der Waals surface area contributed by atoms with Gasteiger partial charge in [-0.1, -0.05) is 11.6 Å². The average Bonchev–Trinajstić information content (AvgIpc) is 2.76. The van der Waals surface area contributed by atoms with Crippen molar-refractivity contribution >= 4 is 44.6 Å². The van der Waals surface area contributed by atoms with Crippen LogP contribution < -0.4 is 5.32 Å². The minimum Gasteiger partial charge on any atom is -0.379 e. The van der Waals surface area contributed by atoms with Crippen LogP contribution in [0.3, 0.4) is 0 Å². The van der Waals surface area contributed by atoms with E-state index in [-0.39, 0.29) is 0 Å². The van der Waals surface area contributed by atoms with E-state index in [0.29, 0.717) is 11.6 Å². The standard InChI is InChI=1S/C12H8BrClN2S/c13-11-5-8(14)1-4-12(11)16-7-10-3-2-9(6-15)17-10/h1-5,16H,7H2. The van der Waals surface area contributed by atoms with Crippen molar-refractivity contribution < 1.29 is 0 Å². The van der Waals surface area contributed by atoms with E-state index in [0.717, 1.165) is 19.9 Å². The van der Waals surface area contributed by atoms with Crippen LogP contribution in [0.1, 0.15) is 9.75 Å². The maximum Gasteiger partial charge on any atom is 0.110 e. The number of rotatable bonds is 3. The highest BCUT2D eigenvalue weighted by atomic mass is 79.9. The lowest BCUT2D eigenvalue weighted by atomic mass is 10.3. The first-order valence-electron chi connectivity index (χ1n) is 4.87. The van der Waals surface area contributed by atoms with Crippen LogP contribution in [0.25, 0.3) is 0 Å². The summed E-state index contributed by atoms with van der Waals surface area (Å²) in [5.74, 6) is 0. The molecule has 2 nitrogen and oxygen atoms in total. The molecular weight excluding hydrogens is 320 g/mol. The second-order valence-electron chi connectivity index (χ2n) is 3.36. The van der Waals surface area contributed by atoms with E-state index in [1.54, 1.807) is 0 Å². The molecule has 0 unspecified atom stereocenters. The Bertz CT molecular complexity index is 574. The number of nitrogens with one attached hydrogen (secondary N) is 1. The first-order valence-corrected chi connectivity index (χ1v) is 6.85. The van der Waals surface area contributed by atoms with E-state index in [4.69, 9.17) is 16.9 Å². The molecule has 0 bridgehead atoms. The zero-order valence-electron chi connectivity index (χ0n) is 8.71. The molecule has 0 saturated heterocycles. The van der Waals surface area contributed by atoms with Crippen molar-refractivity contribution in [1.29, 1.82) is 5.26 Å². The van der Waals surface area contributed by atoms with E-state index >= 15 is 0 Å². The molecule has 5 heteroatoms. The molecule has 1 heterocycles. The lowest BCUT2D eigenvalue weighted by Crippen LogP contribution is -1.97. The zero-order valence-corrected chi connectivity index (χ0v) is 11.9. The van der Waals surface area contributed by atoms with Crippen LogP contribution in [-0.2, 0) is 6.54 Å². The number of nitriles is 1. The highest BCUT2D eigenvalue weighted by Gasteiger charge is 2.02. The Hall–Kier alpha value is -1.02. The van der Waals surface area contributed by atoms with E-state index in [1.165, 1.54) is 11.3 Å². The fourth-order valence-corrected chi connectivity index (χ4v) is 2.92. The molecule has 0 radical (unpaired) electrons. The Morgan fingerprint density at radius 1 is 1.35 bits per heavy atom. The van der Waals surface area contributed by atoms with E-state index in [1.807, 2.05) is 30.3 Å². The van der Waals surface area contributed by atoms with Crippen molar-refractivity contribution in [3.8, 4) is 6.07 Å². The summed E-state index contributed by atoms with van der Waals surface area (Å²) in [4.78, 5) is 1.86. The first-order chi connectivity index (χ1) is 8.19. The molecule has 0 aliphatic heterocycles.